The van der Waals surface area contributed by atoms with Gasteiger partial charge in [-0.3, -0.25) is 9.36 Å². The van der Waals surface area contributed by atoms with Gasteiger partial charge in [0.15, 0.2) is 0 Å². The van der Waals surface area contributed by atoms with E-state index < -0.39 is 11.7 Å². The number of thiazole rings is 1. The Morgan fingerprint density at radius 3 is 2.33 bits per heavy atom. The molecule has 2 nitrogen and oxygen atoms in total. The zero-order valence-corrected chi connectivity index (χ0v) is 10.3. The first-order valence-electron chi connectivity index (χ1n) is 5.29. The van der Waals surface area contributed by atoms with E-state index in [1.54, 1.807) is 5.38 Å². The highest BCUT2D eigenvalue weighted by Gasteiger charge is 2.30. The van der Waals surface area contributed by atoms with Crippen molar-refractivity contribution in [3.05, 3.63) is 44.9 Å². The number of benzene rings is 1. The van der Waals surface area contributed by atoms with Crippen LogP contribution >= 0.6 is 11.3 Å². The summed E-state index contributed by atoms with van der Waals surface area (Å²) in [7, 11) is 0. The maximum atomic E-state index is 12.4. The largest absolute Gasteiger partial charge is 0.416 e. The van der Waals surface area contributed by atoms with E-state index in [2.05, 4.69) is 0 Å². The zero-order valence-electron chi connectivity index (χ0n) is 9.49. The molecule has 0 aliphatic rings. The van der Waals surface area contributed by atoms with Crippen LogP contribution in [0.25, 0.3) is 11.3 Å². The molecule has 0 N–H and O–H groups in total. The van der Waals surface area contributed by atoms with Gasteiger partial charge in [-0.1, -0.05) is 23.5 Å². The van der Waals surface area contributed by atoms with Gasteiger partial charge in [0.2, 0.25) is 0 Å². The Hall–Kier alpha value is -1.56. The van der Waals surface area contributed by atoms with E-state index in [0.717, 1.165) is 23.5 Å². The standard InChI is InChI=1S/C12H10F3NOS/c1-2-16-10(7-18-11(16)17)8-3-5-9(6-4-8)12(13,14)15/h3-7H,2H2,1H3. The first-order valence-corrected chi connectivity index (χ1v) is 6.17. The minimum Gasteiger partial charge on any atom is -0.299 e. The van der Waals surface area contributed by atoms with Crippen LogP contribution in [0.15, 0.2) is 34.4 Å². The van der Waals surface area contributed by atoms with Crippen molar-refractivity contribution in [3.63, 3.8) is 0 Å². The number of aromatic nitrogens is 1. The highest BCUT2D eigenvalue weighted by Crippen LogP contribution is 2.31. The van der Waals surface area contributed by atoms with Crippen molar-refractivity contribution in [1.29, 1.82) is 0 Å². The van der Waals surface area contributed by atoms with Crippen molar-refractivity contribution < 1.29 is 13.2 Å². The molecule has 0 saturated heterocycles. The smallest absolute Gasteiger partial charge is 0.299 e. The van der Waals surface area contributed by atoms with Crippen LogP contribution in [-0.4, -0.2) is 4.57 Å². The van der Waals surface area contributed by atoms with E-state index in [1.165, 1.54) is 16.7 Å². The first-order chi connectivity index (χ1) is 8.43. The molecular weight excluding hydrogens is 263 g/mol. The Kier molecular flexibility index (Phi) is 3.30. The van der Waals surface area contributed by atoms with Gasteiger partial charge in [0.25, 0.3) is 0 Å². The highest BCUT2D eigenvalue weighted by atomic mass is 32.1. The second kappa shape index (κ2) is 4.61. The summed E-state index contributed by atoms with van der Waals surface area (Å²) in [6.45, 7) is 2.32. The van der Waals surface area contributed by atoms with Crippen LogP contribution in [0, 0.1) is 0 Å². The summed E-state index contributed by atoms with van der Waals surface area (Å²) < 4.78 is 38.8. The van der Waals surface area contributed by atoms with Crippen LogP contribution in [0.2, 0.25) is 0 Å². The number of hydrogen-bond acceptors (Lipinski definition) is 2. The van der Waals surface area contributed by atoms with Gasteiger partial charge >= 0.3 is 11.0 Å². The third-order valence-corrected chi connectivity index (χ3v) is 3.37. The molecule has 0 atom stereocenters. The predicted molar refractivity (Wildman–Crippen MR) is 64.7 cm³/mol. The van der Waals surface area contributed by atoms with Gasteiger partial charge < -0.3 is 0 Å². The second-order valence-electron chi connectivity index (χ2n) is 3.71. The second-order valence-corrected chi connectivity index (χ2v) is 4.53. The minimum absolute atomic E-state index is 0.104. The lowest BCUT2D eigenvalue weighted by Gasteiger charge is -2.08. The summed E-state index contributed by atoms with van der Waals surface area (Å²) in [6.07, 6.45) is -4.34. The van der Waals surface area contributed by atoms with Gasteiger partial charge in [-0.05, 0) is 24.6 Å². The topological polar surface area (TPSA) is 22.0 Å². The maximum absolute atomic E-state index is 12.4. The Bertz CT molecular complexity index is 595. The van der Waals surface area contributed by atoms with Crippen molar-refractivity contribution in [2.45, 2.75) is 19.6 Å². The Morgan fingerprint density at radius 1 is 1.22 bits per heavy atom. The van der Waals surface area contributed by atoms with Gasteiger partial charge in [0, 0.05) is 11.9 Å². The van der Waals surface area contributed by atoms with Crippen LogP contribution in [0.4, 0.5) is 13.2 Å². The van der Waals surface area contributed by atoms with Gasteiger partial charge in [0.05, 0.1) is 11.3 Å². The van der Waals surface area contributed by atoms with E-state index in [-0.39, 0.29) is 4.87 Å². The summed E-state index contributed by atoms with van der Waals surface area (Å²) in [6, 6.07) is 4.82. The summed E-state index contributed by atoms with van der Waals surface area (Å²) >= 11 is 1.05. The van der Waals surface area contributed by atoms with Crippen LogP contribution < -0.4 is 4.87 Å². The highest BCUT2D eigenvalue weighted by molar-refractivity contribution is 7.07. The Morgan fingerprint density at radius 2 is 1.83 bits per heavy atom. The SMILES string of the molecule is CCn1c(-c2ccc(C(F)(F)F)cc2)csc1=O. The fraction of sp³-hybridized carbons (Fsp3) is 0.250. The number of hydrogen-bond donors (Lipinski definition) is 0. The molecule has 0 unspecified atom stereocenters. The molecule has 18 heavy (non-hydrogen) atoms. The summed E-state index contributed by atoms with van der Waals surface area (Å²) in [5.41, 5.74) is 0.580. The third kappa shape index (κ3) is 2.33. The molecule has 1 heterocycles. The fourth-order valence-corrected chi connectivity index (χ4v) is 2.52. The van der Waals surface area contributed by atoms with E-state index >= 15 is 0 Å². The molecule has 2 rings (SSSR count). The van der Waals surface area contributed by atoms with E-state index in [1.807, 2.05) is 6.92 Å². The molecule has 0 bridgehead atoms. The lowest BCUT2D eigenvalue weighted by atomic mass is 10.1. The summed E-state index contributed by atoms with van der Waals surface area (Å²) in [5, 5.41) is 1.66. The molecule has 0 saturated carbocycles. The van der Waals surface area contributed by atoms with Gasteiger partial charge in [-0.2, -0.15) is 13.2 Å². The van der Waals surface area contributed by atoms with Crippen LogP contribution in [0.3, 0.4) is 0 Å². The maximum Gasteiger partial charge on any atom is 0.416 e. The Labute approximate surface area is 105 Å². The van der Waals surface area contributed by atoms with Crippen molar-refractivity contribution in [2.24, 2.45) is 0 Å². The molecule has 0 spiro atoms. The van der Waals surface area contributed by atoms with Crippen molar-refractivity contribution in [2.75, 3.05) is 0 Å². The van der Waals surface area contributed by atoms with Crippen LogP contribution in [0.1, 0.15) is 12.5 Å². The summed E-state index contributed by atoms with van der Waals surface area (Å²) in [4.78, 5) is 11.4. The first kappa shape index (κ1) is 12.9. The van der Waals surface area contributed by atoms with Crippen molar-refractivity contribution in [3.8, 4) is 11.3 Å². The fourth-order valence-electron chi connectivity index (χ4n) is 1.69. The predicted octanol–water partition coefficient (Wildman–Crippen LogP) is 3.62. The lowest BCUT2D eigenvalue weighted by molar-refractivity contribution is -0.137. The monoisotopic (exact) mass is 273 g/mol. The van der Waals surface area contributed by atoms with Crippen LogP contribution in [0.5, 0.6) is 0 Å². The molecule has 0 fully saturated rings. The molecule has 0 amide bonds. The van der Waals surface area contributed by atoms with Gasteiger partial charge in [0.1, 0.15) is 0 Å². The number of nitrogens with zero attached hydrogens (tertiary/aromatic N) is 1. The lowest BCUT2D eigenvalue weighted by Crippen LogP contribution is -2.12. The Balaban J connectivity index is 2.44. The third-order valence-electron chi connectivity index (χ3n) is 2.61. The average Bonchev–Trinajstić information content (AvgIpc) is 2.69. The number of halogens is 3. The molecule has 1 aromatic carbocycles. The zero-order chi connectivity index (χ0) is 13.3. The molecule has 2 aromatic rings. The molecular formula is C12H10F3NOS. The number of alkyl halides is 3. The molecule has 0 aliphatic carbocycles. The molecule has 6 heteroatoms. The van der Waals surface area contributed by atoms with Gasteiger partial charge in [-0.15, -0.1) is 0 Å². The molecule has 96 valence electrons. The number of rotatable bonds is 2. The molecule has 0 radical (unpaired) electrons. The molecule has 1 aromatic heterocycles. The van der Waals surface area contributed by atoms with Gasteiger partial charge in [-0.25, -0.2) is 0 Å². The van der Waals surface area contributed by atoms with E-state index in [4.69, 9.17) is 0 Å². The van der Waals surface area contributed by atoms with E-state index in [0.29, 0.717) is 17.8 Å². The summed E-state index contributed by atoms with van der Waals surface area (Å²) in [5.74, 6) is 0. The average molecular weight is 273 g/mol. The normalized spacial score (nSPS) is 11.8. The van der Waals surface area contributed by atoms with E-state index in [9.17, 15) is 18.0 Å². The van der Waals surface area contributed by atoms with Crippen LogP contribution in [-0.2, 0) is 12.7 Å². The quantitative estimate of drug-likeness (QED) is 0.819. The molecule has 0 aliphatic heterocycles. The minimum atomic E-state index is -4.34. The van der Waals surface area contributed by atoms with Crippen molar-refractivity contribution in [1.82, 2.24) is 4.57 Å². The van der Waals surface area contributed by atoms with Crippen molar-refractivity contribution >= 4 is 11.3 Å².